The van der Waals surface area contributed by atoms with Crippen molar-refractivity contribution in [2.45, 2.75) is 25.2 Å². The average molecular weight is 419 g/mol. The Balaban J connectivity index is 2.04. The zero-order valence-corrected chi connectivity index (χ0v) is 16.8. The number of aromatic hydroxyl groups is 1. The molecule has 8 heteroatoms. The number of hydrogen-bond acceptors (Lipinski definition) is 4. The monoisotopic (exact) mass is 418 g/mol. The van der Waals surface area contributed by atoms with E-state index in [4.69, 9.17) is 11.6 Å². The Bertz CT molecular complexity index is 1190. The van der Waals surface area contributed by atoms with E-state index in [0.29, 0.717) is 17.8 Å². The molecule has 28 heavy (non-hydrogen) atoms. The first-order chi connectivity index (χ1) is 13.4. The van der Waals surface area contributed by atoms with Gasteiger partial charge in [-0.05, 0) is 31.5 Å². The van der Waals surface area contributed by atoms with Crippen LogP contribution in [0, 0.1) is 19.7 Å². The largest absolute Gasteiger partial charge is 0.477 e. The molecule has 4 rings (SSSR count). The maximum Gasteiger partial charge on any atom is 0.354 e. The quantitative estimate of drug-likeness (QED) is 0.389. The minimum Gasteiger partial charge on any atom is -0.477 e. The van der Waals surface area contributed by atoms with Crippen molar-refractivity contribution in [2.24, 2.45) is 0 Å². The Morgan fingerprint density at radius 3 is 2.75 bits per heavy atom. The molecule has 3 aromatic rings. The van der Waals surface area contributed by atoms with Gasteiger partial charge in [-0.15, -0.1) is 0 Å². The van der Waals surface area contributed by atoms with E-state index >= 15 is 0 Å². The molecule has 1 atom stereocenters. The van der Waals surface area contributed by atoms with E-state index < -0.39 is 11.4 Å². The van der Waals surface area contributed by atoms with Gasteiger partial charge in [-0.2, -0.15) is 8.97 Å². The Morgan fingerprint density at radius 1 is 1.29 bits per heavy atom. The molecule has 2 N–H and O–H groups in total. The van der Waals surface area contributed by atoms with Gasteiger partial charge in [0.1, 0.15) is 12.4 Å². The van der Waals surface area contributed by atoms with E-state index in [-0.39, 0.29) is 21.8 Å². The minimum absolute atomic E-state index is 0.0664. The van der Waals surface area contributed by atoms with E-state index in [1.165, 1.54) is 22.2 Å². The second-order valence-corrected chi connectivity index (χ2v) is 8.55. The standard InChI is InChI=1S/C20H17ClFN3O2S/c1-11-5-3-7-14(16(11)22)15-18(26)24-8-4-6-12(2)17(24)25(19(15)27)10-13-9-23-20(21)28-13/h3-9,20,23H,10H2,1-2H3/p+1. The normalized spacial score (nSPS) is 16.3. The van der Waals surface area contributed by atoms with Crippen LogP contribution in [0.5, 0.6) is 5.88 Å². The molecule has 0 aliphatic carbocycles. The molecular formula is C20H18ClFN3O2S+. The van der Waals surface area contributed by atoms with Crippen LogP contribution in [0.25, 0.3) is 16.8 Å². The molecule has 0 saturated heterocycles. The second kappa shape index (κ2) is 7.14. The van der Waals surface area contributed by atoms with Gasteiger partial charge in [0.15, 0.2) is 10.4 Å². The molecule has 1 aromatic carbocycles. The summed E-state index contributed by atoms with van der Waals surface area (Å²) in [6, 6.07) is 8.40. The summed E-state index contributed by atoms with van der Waals surface area (Å²) in [5.74, 6) is -0.797. The number of alkyl halides is 1. The van der Waals surface area contributed by atoms with Crippen molar-refractivity contribution in [1.29, 1.82) is 0 Å². The predicted molar refractivity (Wildman–Crippen MR) is 109 cm³/mol. The van der Waals surface area contributed by atoms with Gasteiger partial charge in [-0.3, -0.25) is 0 Å². The molecule has 1 unspecified atom stereocenters. The Kier molecular flexibility index (Phi) is 4.81. The fourth-order valence-electron chi connectivity index (χ4n) is 3.39. The lowest BCUT2D eigenvalue weighted by molar-refractivity contribution is -0.671. The maximum absolute atomic E-state index is 14.8. The number of allylic oxidation sites excluding steroid dienone is 1. The summed E-state index contributed by atoms with van der Waals surface area (Å²) in [6.07, 6.45) is 3.40. The Labute approximate surface area is 170 Å². The van der Waals surface area contributed by atoms with E-state index in [1.807, 2.05) is 13.0 Å². The molecule has 144 valence electrons. The summed E-state index contributed by atoms with van der Waals surface area (Å²) in [5.41, 5.74) is 1.29. The van der Waals surface area contributed by atoms with Crippen molar-refractivity contribution in [3.63, 3.8) is 0 Å². The van der Waals surface area contributed by atoms with Gasteiger partial charge in [0.25, 0.3) is 11.5 Å². The van der Waals surface area contributed by atoms with E-state index in [1.54, 1.807) is 42.1 Å². The number of fused-ring (bicyclic) bond motifs is 1. The van der Waals surface area contributed by atoms with Crippen LogP contribution in [0.1, 0.15) is 11.1 Å². The lowest BCUT2D eigenvalue weighted by Gasteiger charge is -2.12. The fraction of sp³-hybridized carbons (Fsp3) is 0.200. The van der Waals surface area contributed by atoms with Crippen LogP contribution >= 0.6 is 23.4 Å². The van der Waals surface area contributed by atoms with Crippen LogP contribution in [-0.2, 0) is 6.54 Å². The first-order valence-corrected chi connectivity index (χ1v) is 9.98. The molecule has 5 nitrogen and oxygen atoms in total. The molecule has 2 aromatic heterocycles. The molecule has 0 bridgehead atoms. The van der Waals surface area contributed by atoms with Gasteiger partial charge in [0, 0.05) is 22.2 Å². The van der Waals surface area contributed by atoms with Crippen LogP contribution in [0.2, 0.25) is 0 Å². The number of halogens is 2. The number of aryl methyl sites for hydroxylation is 2. The highest BCUT2D eigenvalue weighted by molar-refractivity contribution is 8.04. The van der Waals surface area contributed by atoms with Crippen molar-refractivity contribution in [1.82, 2.24) is 9.72 Å². The minimum atomic E-state index is -0.522. The maximum atomic E-state index is 14.8. The number of thioether (sulfide) groups is 1. The lowest BCUT2D eigenvalue weighted by atomic mass is 10.0. The third-order valence-corrected chi connectivity index (χ3v) is 6.02. The van der Waals surface area contributed by atoms with Gasteiger partial charge in [0.05, 0.1) is 6.20 Å². The Morgan fingerprint density at radius 2 is 2.04 bits per heavy atom. The topological polar surface area (TPSA) is 57.6 Å². The number of aromatic nitrogens is 2. The molecule has 0 spiro atoms. The number of nitrogens with one attached hydrogen (secondary N) is 1. The predicted octanol–water partition coefficient (Wildman–Crippen LogP) is 3.42. The highest BCUT2D eigenvalue weighted by atomic mass is 35.5. The van der Waals surface area contributed by atoms with Gasteiger partial charge < -0.3 is 10.4 Å². The van der Waals surface area contributed by atoms with E-state index in [9.17, 15) is 14.3 Å². The van der Waals surface area contributed by atoms with Crippen molar-refractivity contribution < 1.29 is 14.1 Å². The first-order valence-electron chi connectivity index (χ1n) is 8.66. The molecule has 1 aliphatic rings. The lowest BCUT2D eigenvalue weighted by Crippen LogP contribution is -2.42. The van der Waals surface area contributed by atoms with Gasteiger partial charge >= 0.3 is 5.56 Å². The summed E-state index contributed by atoms with van der Waals surface area (Å²) in [7, 11) is 0. The third-order valence-electron chi connectivity index (χ3n) is 4.74. The van der Waals surface area contributed by atoms with Gasteiger partial charge in [-0.1, -0.05) is 41.6 Å². The molecular weight excluding hydrogens is 401 g/mol. The number of benzene rings is 1. The fourth-order valence-corrected chi connectivity index (χ4v) is 4.54. The van der Waals surface area contributed by atoms with Crippen molar-refractivity contribution in [3.05, 3.63) is 74.9 Å². The summed E-state index contributed by atoms with van der Waals surface area (Å²) < 4.78 is 17.9. The number of rotatable bonds is 3. The van der Waals surface area contributed by atoms with Crippen molar-refractivity contribution >= 4 is 29.0 Å². The second-order valence-electron chi connectivity index (χ2n) is 6.62. The van der Waals surface area contributed by atoms with E-state index in [2.05, 4.69) is 5.32 Å². The molecule has 3 heterocycles. The number of nitrogens with zero attached hydrogens (tertiary/aromatic N) is 2. The SMILES string of the molecule is Cc1cccc(-c2c(O)[n+](CC3=CNC(Cl)S3)c3c(C)cccn3c2=O)c1F. The number of hydrogen-bond donors (Lipinski definition) is 2. The zero-order valence-electron chi connectivity index (χ0n) is 15.2. The summed E-state index contributed by atoms with van der Waals surface area (Å²) >= 11 is 7.49. The molecule has 0 radical (unpaired) electrons. The van der Waals surface area contributed by atoms with Gasteiger partial charge in [-0.25, -0.2) is 9.18 Å². The van der Waals surface area contributed by atoms with Gasteiger partial charge in [0.2, 0.25) is 0 Å². The zero-order chi connectivity index (χ0) is 20.0. The summed E-state index contributed by atoms with van der Waals surface area (Å²) in [5, 5.41) is 14.1. The summed E-state index contributed by atoms with van der Waals surface area (Å²) in [6.45, 7) is 3.78. The van der Waals surface area contributed by atoms with E-state index in [0.717, 1.165) is 10.5 Å². The van der Waals surface area contributed by atoms with Crippen LogP contribution in [0.4, 0.5) is 4.39 Å². The summed E-state index contributed by atoms with van der Waals surface area (Å²) in [4.78, 5) is 13.8. The van der Waals surface area contributed by atoms with Crippen LogP contribution < -0.4 is 15.4 Å². The third kappa shape index (κ3) is 3.04. The average Bonchev–Trinajstić information content (AvgIpc) is 3.07. The van der Waals surface area contributed by atoms with Crippen LogP contribution in [0.15, 0.2) is 52.4 Å². The molecule has 0 amide bonds. The molecule has 0 saturated carbocycles. The van der Waals surface area contributed by atoms with Crippen molar-refractivity contribution in [3.8, 4) is 17.0 Å². The molecule has 0 fully saturated rings. The highest BCUT2D eigenvalue weighted by Crippen LogP contribution is 2.31. The first kappa shape index (κ1) is 18.8. The van der Waals surface area contributed by atoms with Crippen LogP contribution in [0.3, 0.4) is 0 Å². The number of pyridine rings is 1. The highest BCUT2D eigenvalue weighted by Gasteiger charge is 2.29. The smallest absolute Gasteiger partial charge is 0.354 e. The van der Waals surface area contributed by atoms with Crippen LogP contribution in [-0.4, -0.2) is 14.3 Å². The van der Waals surface area contributed by atoms with Crippen molar-refractivity contribution in [2.75, 3.05) is 0 Å². The molecule has 1 aliphatic heterocycles. The Hall–Kier alpha value is -2.51.